The van der Waals surface area contributed by atoms with Crippen molar-refractivity contribution in [1.29, 1.82) is 0 Å². The molecule has 0 saturated carbocycles. The molecule has 2 aromatic heterocycles. The van der Waals surface area contributed by atoms with Gasteiger partial charge in [0.25, 0.3) is 0 Å². The molecule has 0 atom stereocenters. The summed E-state index contributed by atoms with van der Waals surface area (Å²) >= 11 is 0. The summed E-state index contributed by atoms with van der Waals surface area (Å²) in [4.78, 5) is 4.71. The number of aliphatic hydroxyl groups excluding tert-OH is 1. The molecule has 1 N–H and O–H groups in total. The van der Waals surface area contributed by atoms with E-state index in [2.05, 4.69) is 43.4 Å². The Morgan fingerprint density at radius 1 is 1.05 bits per heavy atom. The maximum Gasteiger partial charge on any atom is 0.138 e. The summed E-state index contributed by atoms with van der Waals surface area (Å²) in [6.07, 6.45) is 1.97. The molecule has 0 amide bonds. The molecule has 0 aliphatic rings. The lowest BCUT2D eigenvalue weighted by atomic mass is 10.0. The molecule has 0 unspecified atom stereocenters. The molecule has 0 saturated heterocycles. The van der Waals surface area contributed by atoms with Crippen molar-refractivity contribution in [2.75, 3.05) is 0 Å². The molecule has 102 valence electrons. The van der Waals surface area contributed by atoms with Gasteiger partial charge in [-0.3, -0.25) is 0 Å². The number of imidazole rings is 1. The van der Waals surface area contributed by atoms with Gasteiger partial charge in [-0.25, -0.2) is 4.98 Å². The van der Waals surface area contributed by atoms with Crippen LogP contribution in [0.5, 0.6) is 0 Å². The van der Waals surface area contributed by atoms with E-state index in [0.717, 1.165) is 28.2 Å². The zero-order valence-corrected chi connectivity index (χ0v) is 12.0. The van der Waals surface area contributed by atoms with Gasteiger partial charge in [-0.05, 0) is 55.7 Å². The van der Waals surface area contributed by atoms with E-state index in [9.17, 15) is 5.11 Å². The van der Waals surface area contributed by atoms with Gasteiger partial charge in [0.05, 0.1) is 12.3 Å². The summed E-state index contributed by atoms with van der Waals surface area (Å²) in [6.45, 7) is 6.35. The van der Waals surface area contributed by atoms with Crippen LogP contribution in [-0.2, 0) is 6.61 Å². The highest BCUT2D eigenvalue weighted by atomic mass is 16.3. The van der Waals surface area contributed by atoms with E-state index in [1.165, 1.54) is 11.1 Å². The summed E-state index contributed by atoms with van der Waals surface area (Å²) in [6, 6.07) is 10.3. The highest BCUT2D eigenvalue weighted by molar-refractivity contribution is 5.67. The third kappa shape index (κ3) is 2.00. The number of aliphatic hydroxyl groups is 1. The first-order valence-electron chi connectivity index (χ1n) is 6.76. The monoisotopic (exact) mass is 266 g/mol. The minimum Gasteiger partial charge on any atom is -0.392 e. The number of fused-ring (bicyclic) bond motifs is 1. The van der Waals surface area contributed by atoms with Crippen LogP contribution in [0.4, 0.5) is 0 Å². The highest BCUT2D eigenvalue weighted by Gasteiger charge is 2.11. The topological polar surface area (TPSA) is 37.5 Å². The maximum atomic E-state index is 9.22. The second-order valence-electron chi connectivity index (χ2n) is 5.27. The molecule has 3 heteroatoms. The molecule has 3 aromatic rings. The molecule has 20 heavy (non-hydrogen) atoms. The van der Waals surface area contributed by atoms with E-state index < -0.39 is 0 Å². The van der Waals surface area contributed by atoms with Crippen LogP contribution in [0.1, 0.15) is 22.4 Å². The van der Waals surface area contributed by atoms with E-state index in [4.69, 9.17) is 4.98 Å². The van der Waals surface area contributed by atoms with Crippen molar-refractivity contribution in [2.24, 2.45) is 0 Å². The van der Waals surface area contributed by atoms with Crippen molar-refractivity contribution in [2.45, 2.75) is 27.4 Å². The summed E-state index contributed by atoms with van der Waals surface area (Å²) in [7, 11) is 0. The molecule has 0 radical (unpaired) electrons. The number of benzene rings is 1. The predicted molar refractivity (Wildman–Crippen MR) is 80.8 cm³/mol. The molecule has 3 nitrogen and oxygen atoms in total. The molecular weight excluding hydrogens is 248 g/mol. The van der Waals surface area contributed by atoms with Gasteiger partial charge in [0.1, 0.15) is 5.65 Å². The Balaban J connectivity index is 2.20. The van der Waals surface area contributed by atoms with Crippen LogP contribution in [0.3, 0.4) is 0 Å². The van der Waals surface area contributed by atoms with Crippen LogP contribution in [0.2, 0.25) is 0 Å². The minimum atomic E-state index is 0.0430. The lowest BCUT2D eigenvalue weighted by Crippen LogP contribution is -1.90. The normalized spacial score (nSPS) is 11.2. The zero-order valence-electron chi connectivity index (χ0n) is 12.0. The van der Waals surface area contributed by atoms with Crippen molar-refractivity contribution >= 4 is 5.65 Å². The van der Waals surface area contributed by atoms with Crippen molar-refractivity contribution in [1.82, 2.24) is 9.38 Å². The van der Waals surface area contributed by atoms with E-state index in [1.54, 1.807) is 0 Å². The highest BCUT2D eigenvalue weighted by Crippen LogP contribution is 2.26. The summed E-state index contributed by atoms with van der Waals surface area (Å²) in [5.74, 6) is 0. The van der Waals surface area contributed by atoms with Crippen molar-refractivity contribution in [3.05, 3.63) is 58.9 Å². The van der Waals surface area contributed by atoms with Crippen molar-refractivity contribution < 1.29 is 5.11 Å². The SMILES string of the molecule is Cc1ccc(-c2nc3cc(CO)ccn3c2C)cc1C. The molecule has 0 aliphatic carbocycles. The van der Waals surface area contributed by atoms with Crippen molar-refractivity contribution in [3.63, 3.8) is 0 Å². The zero-order chi connectivity index (χ0) is 14.3. The maximum absolute atomic E-state index is 9.22. The number of aromatic nitrogens is 2. The van der Waals surface area contributed by atoms with E-state index in [-0.39, 0.29) is 6.61 Å². The van der Waals surface area contributed by atoms with Gasteiger partial charge in [0.2, 0.25) is 0 Å². The van der Waals surface area contributed by atoms with E-state index in [1.807, 2.05) is 18.3 Å². The first kappa shape index (κ1) is 12.9. The Bertz CT molecular complexity index is 787. The molecular formula is C17H18N2O. The largest absolute Gasteiger partial charge is 0.392 e. The molecule has 1 aromatic carbocycles. The Hall–Kier alpha value is -2.13. The summed E-state index contributed by atoms with van der Waals surface area (Å²) in [5.41, 5.74) is 7.58. The average Bonchev–Trinajstić information content (AvgIpc) is 2.78. The minimum absolute atomic E-state index is 0.0430. The van der Waals surface area contributed by atoms with Gasteiger partial charge < -0.3 is 9.51 Å². The molecule has 0 bridgehead atoms. The molecule has 3 rings (SSSR count). The lowest BCUT2D eigenvalue weighted by Gasteiger charge is -2.04. The fourth-order valence-corrected chi connectivity index (χ4v) is 2.47. The number of rotatable bonds is 2. The smallest absolute Gasteiger partial charge is 0.138 e. The van der Waals surface area contributed by atoms with Gasteiger partial charge in [-0.2, -0.15) is 0 Å². The van der Waals surface area contributed by atoms with Crippen molar-refractivity contribution in [3.8, 4) is 11.3 Å². The summed E-state index contributed by atoms with van der Waals surface area (Å²) in [5, 5.41) is 9.22. The number of pyridine rings is 1. The third-order valence-electron chi connectivity index (χ3n) is 3.89. The number of hydrogen-bond donors (Lipinski definition) is 1. The van der Waals surface area contributed by atoms with Gasteiger partial charge in [0, 0.05) is 17.5 Å². The predicted octanol–water partition coefficient (Wildman–Crippen LogP) is 3.42. The standard InChI is InChI=1S/C17H18N2O/c1-11-4-5-15(8-12(11)2)17-13(3)19-7-6-14(10-20)9-16(19)18-17/h4-9,20H,10H2,1-3H3. The van der Waals surface area contributed by atoms with Gasteiger partial charge in [-0.1, -0.05) is 12.1 Å². The number of aryl methyl sites for hydroxylation is 3. The Morgan fingerprint density at radius 2 is 1.85 bits per heavy atom. The molecule has 2 heterocycles. The van der Waals surface area contributed by atoms with Crippen LogP contribution < -0.4 is 0 Å². The Labute approximate surface area is 118 Å². The average molecular weight is 266 g/mol. The third-order valence-corrected chi connectivity index (χ3v) is 3.89. The molecule has 0 fully saturated rings. The van der Waals surface area contributed by atoms with Crippen LogP contribution in [0.15, 0.2) is 36.5 Å². The first-order chi connectivity index (χ1) is 9.60. The van der Waals surface area contributed by atoms with Gasteiger partial charge in [-0.15, -0.1) is 0 Å². The molecule has 0 aliphatic heterocycles. The van der Waals surface area contributed by atoms with E-state index >= 15 is 0 Å². The number of nitrogens with zero attached hydrogens (tertiary/aromatic N) is 2. The number of hydrogen-bond acceptors (Lipinski definition) is 2. The Morgan fingerprint density at radius 3 is 2.55 bits per heavy atom. The van der Waals surface area contributed by atoms with Gasteiger partial charge >= 0.3 is 0 Å². The second-order valence-corrected chi connectivity index (χ2v) is 5.27. The quantitative estimate of drug-likeness (QED) is 0.771. The summed E-state index contributed by atoms with van der Waals surface area (Å²) < 4.78 is 2.06. The van der Waals surface area contributed by atoms with Crippen LogP contribution >= 0.6 is 0 Å². The van der Waals surface area contributed by atoms with Gasteiger partial charge in [0.15, 0.2) is 0 Å². The lowest BCUT2D eigenvalue weighted by molar-refractivity contribution is 0.282. The van der Waals surface area contributed by atoms with Crippen LogP contribution in [0.25, 0.3) is 16.9 Å². The first-order valence-corrected chi connectivity index (χ1v) is 6.76. The molecule has 0 spiro atoms. The van der Waals surface area contributed by atoms with E-state index in [0.29, 0.717) is 0 Å². The fraction of sp³-hybridized carbons (Fsp3) is 0.235. The fourth-order valence-electron chi connectivity index (χ4n) is 2.47. The second kappa shape index (κ2) is 4.76. The van der Waals surface area contributed by atoms with Crippen LogP contribution in [-0.4, -0.2) is 14.5 Å². The Kier molecular flexibility index (Phi) is 3.07. The van der Waals surface area contributed by atoms with Crippen LogP contribution in [0, 0.1) is 20.8 Å².